The summed E-state index contributed by atoms with van der Waals surface area (Å²) < 4.78 is 12.6. The third-order valence-electron chi connectivity index (χ3n) is 13.8. The van der Waals surface area contributed by atoms with Gasteiger partial charge in [0.1, 0.15) is 27.6 Å². The maximum Gasteiger partial charge on any atom is 0.340 e. The average molecular weight is 861 g/mol. The maximum atomic E-state index is 13.0. The number of phenols is 2. The van der Waals surface area contributed by atoms with Crippen LogP contribution in [-0.2, 0) is 33.7 Å². The Hall–Kier alpha value is -6.15. The quantitative estimate of drug-likeness (QED) is 0.141. The highest BCUT2D eigenvalue weighted by atomic mass is 28.3. The highest BCUT2D eigenvalue weighted by molar-refractivity contribution is 7.02. The fourth-order valence-corrected chi connectivity index (χ4v) is 18.2. The molecule has 0 amide bonds. The number of anilines is 2. The van der Waals surface area contributed by atoms with Crippen LogP contribution in [0.3, 0.4) is 0 Å². The Morgan fingerprint density at radius 3 is 1.32 bits per heavy atom. The van der Waals surface area contributed by atoms with Crippen molar-refractivity contribution in [2.24, 2.45) is 0 Å². The highest BCUT2D eigenvalue weighted by Gasteiger charge is 2.58. The van der Waals surface area contributed by atoms with Gasteiger partial charge in [0.15, 0.2) is 11.2 Å². The van der Waals surface area contributed by atoms with Crippen LogP contribution in [0.2, 0.25) is 26.2 Å². The molecule has 2 spiro atoms. The number of hydrogen-bond acceptors (Lipinski definition) is 9. The normalized spacial score (nSPS) is 20.1. The SMILES string of the molecule is CCc1c(O)ccc2c1[Si](C)(C)c1cc(N(C)C)ccc1C21OC(=O)c2ccccc21.CN(C)c1ccc2c(c1)[Si](C)(C)c1c(ccc(O)c1CO)C21OC(=O)c2ccccc21. The second kappa shape index (κ2) is 14.2. The van der Waals surface area contributed by atoms with Gasteiger partial charge in [-0.1, -0.05) is 93.8 Å². The van der Waals surface area contributed by atoms with Crippen LogP contribution in [-0.4, -0.2) is 71.6 Å². The molecule has 0 aromatic heterocycles. The van der Waals surface area contributed by atoms with E-state index in [1.54, 1.807) is 18.2 Å². The minimum atomic E-state index is -2.38. The molecule has 6 aromatic rings. The molecule has 0 bridgehead atoms. The molecule has 4 aliphatic heterocycles. The molecule has 9 nitrogen and oxygen atoms in total. The molecule has 0 fully saturated rings. The number of nitrogens with zero attached hydrogens (tertiary/aromatic N) is 2. The number of rotatable bonds is 4. The number of ether oxygens (including phenoxy) is 2. The van der Waals surface area contributed by atoms with Gasteiger partial charge in [0.2, 0.25) is 0 Å². The first-order valence-corrected chi connectivity index (χ1v) is 27.1. The number of hydrogen-bond donors (Lipinski definition) is 3. The Kier molecular flexibility index (Phi) is 9.44. The van der Waals surface area contributed by atoms with Gasteiger partial charge in [0, 0.05) is 78.5 Å². The zero-order chi connectivity index (χ0) is 44.3. The van der Waals surface area contributed by atoms with Gasteiger partial charge in [-0.25, -0.2) is 9.59 Å². The Balaban J connectivity index is 0.000000158. The van der Waals surface area contributed by atoms with Crippen LogP contribution in [0.5, 0.6) is 11.5 Å². The molecule has 4 aliphatic rings. The van der Waals surface area contributed by atoms with E-state index < -0.39 is 27.3 Å². The molecule has 10 rings (SSSR count). The Labute approximate surface area is 364 Å². The number of aliphatic hydroxyl groups is 1. The van der Waals surface area contributed by atoms with Gasteiger partial charge in [0.25, 0.3) is 0 Å². The number of phenolic OH excluding ortho intramolecular Hbond substituents is 1. The largest absolute Gasteiger partial charge is 0.508 e. The lowest BCUT2D eigenvalue weighted by Gasteiger charge is -2.45. The van der Waals surface area contributed by atoms with E-state index in [2.05, 4.69) is 79.3 Å². The van der Waals surface area contributed by atoms with E-state index in [4.69, 9.17) is 9.47 Å². The summed E-state index contributed by atoms with van der Waals surface area (Å²) in [6, 6.07) is 35.2. The average Bonchev–Trinajstić information content (AvgIpc) is 3.73. The van der Waals surface area contributed by atoms with Crippen molar-refractivity contribution in [2.75, 3.05) is 38.0 Å². The molecule has 0 radical (unpaired) electrons. The Morgan fingerprint density at radius 1 is 0.532 bits per heavy atom. The number of benzene rings is 6. The Bertz CT molecular complexity index is 2690. The van der Waals surface area contributed by atoms with Crippen LogP contribution in [0, 0.1) is 0 Å². The van der Waals surface area contributed by atoms with Crippen LogP contribution >= 0.6 is 0 Å². The van der Waals surface area contributed by atoms with Gasteiger partial charge < -0.3 is 34.6 Å². The smallest absolute Gasteiger partial charge is 0.340 e. The van der Waals surface area contributed by atoms with Crippen LogP contribution in [0.25, 0.3) is 0 Å². The molecule has 6 aromatic carbocycles. The third-order valence-corrected chi connectivity index (χ3v) is 20.9. The second-order valence-electron chi connectivity index (χ2n) is 18.2. The molecule has 0 aliphatic carbocycles. The first-order chi connectivity index (χ1) is 29.5. The minimum Gasteiger partial charge on any atom is -0.508 e. The number of carbonyl (C=O) groups is 2. The summed E-state index contributed by atoms with van der Waals surface area (Å²) in [7, 11) is 3.47. The first-order valence-electron chi connectivity index (χ1n) is 21.1. The van der Waals surface area contributed by atoms with Gasteiger partial charge >= 0.3 is 11.9 Å². The molecule has 11 heteroatoms. The van der Waals surface area contributed by atoms with Gasteiger partial charge in [-0.15, -0.1) is 0 Å². The number of fused-ring (bicyclic) bond motifs is 12. The summed E-state index contributed by atoms with van der Waals surface area (Å²) in [5.41, 5.74) is 8.31. The number of carbonyl (C=O) groups excluding carboxylic acids is 2. The van der Waals surface area contributed by atoms with E-state index in [1.165, 1.54) is 10.4 Å². The van der Waals surface area contributed by atoms with Crippen molar-refractivity contribution >= 4 is 60.2 Å². The molecule has 316 valence electrons. The van der Waals surface area contributed by atoms with Crippen LogP contribution in [0.1, 0.15) is 72.1 Å². The molecular formula is C51H52N2O7Si2. The van der Waals surface area contributed by atoms with Crippen LogP contribution < -0.4 is 30.5 Å². The van der Waals surface area contributed by atoms with E-state index in [9.17, 15) is 24.9 Å². The standard InChI is InChI=1S/C26H27NO3Si.C25H25NO4Si/c1-6-17-22(28)14-13-21-24(17)31(4,5)23-15-16(27(2)3)11-12-20(23)26(21)19-10-8-7-9-18(19)25(29)30-26;1-26(2)15-9-10-19-22(13-15)31(3,4)23-17(14-27)21(28)12-11-20(23)25(19)18-8-6-5-7-16(18)24(29)30-25/h7-15,28H,6H2,1-5H3;5-13,27-28H,14H2,1-4H3. The summed E-state index contributed by atoms with van der Waals surface area (Å²) in [5.74, 6) is -0.260. The van der Waals surface area contributed by atoms with Crippen molar-refractivity contribution in [2.45, 2.75) is 57.3 Å². The van der Waals surface area contributed by atoms with Crippen LogP contribution in [0.4, 0.5) is 11.4 Å². The van der Waals surface area contributed by atoms with Crippen molar-refractivity contribution < 1.29 is 34.4 Å². The third kappa shape index (κ3) is 5.47. The first kappa shape index (κ1) is 41.2. The topological polar surface area (TPSA) is 120 Å². The van der Waals surface area contributed by atoms with Crippen molar-refractivity contribution in [1.29, 1.82) is 0 Å². The van der Waals surface area contributed by atoms with Crippen molar-refractivity contribution in [1.82, 2.24) is 0 Å². The van der Waals surface area contributed by atoms with E-state index in [0.717, 1.165) is 67.1 Å². The lowest BCUT2D eigenvalue weighted by Crippen LogP contribution is -2.64. The van der Waals surface area contributed by atoms with Crippen molar-refractivity contribution in [3.05, 3.63) is 165 Å². The van der Waals surface area contributed by atoms with E-state index in [0.29, 0.717) is 22.4 Å². The summed E-state index contributed by atoms with van der Waals surface area (Å²) in [6.45, 7) is 10.9. The van der Waals surface area contributed by atoms with Crippen molar-refractivity contribution in [3.8, 4) is 11.5 Å². The summed E-state index contributed by atoms with van der Waals surface area (Å²) in [6.07, 6.45) is 0.722. The maximum absolute atomic E-state index is 13.0. The molecule has 4 heterocycles. The minimum absolute atomic E-state index is 0.0711. The monoisotopic (exact) mass is 860 g/mol. The molecule has 2 atom stereocenters. The van der Waals surface area contributed by atoms with E-state index >= 15 is 0 Å². The van der Waals surface area contributed by atoms with Crippen molar-refractivity contribution in [3.63, 3.8) is 0 Å². The van der Waals surface area contributed by atoms with Gasteiger partial charge in [-0.2, -0.15) is 0 Å². The molecule has 0 saturated carbocycles. The number of aromatic hydroxyl groups is 2. The molecule has 2 unspecified atom stereocenters. The number of esters is 2. The lowest BCUT2D eigenvalue weighted by atomic mass is 9.78. The van der Waals surface area contributed by atoms with Gasteiger partial charge in [-0.05, 0) is 81.3 Å². The predicted octanol–water partition coefficient (Wildman–Crippen LogP) is 6.17. The predicted molar refractivity (Wildman–Crippen MR) is 250 cm³/mol. The zero-order valence-electron chi connectivity index (χ0n) is 36.7. The summed E-state index contributed by atoms with van der Waals surface area (Å²) in [4.78, 5) is 30.2. The number of aliphatic hydroxyl groups excluding tert-OH is 1. The fourth-order valence-electron chi connectivity index (χ4n) is 10.9. The van der Waals surface area contributed by atoms with Gasteiger partial charge in [-0.3, -0.25) is 0 Å². The van der Waals surface area contributed by atoms with E-state index in [-0.39, 0.29) is 24.3 Å². The van der Waals surface area contributed by atoms with Gasteiger partial charge in [0.05, 0.1) is 17.7 Å². The zero-order valence-corrected chi connectivity index (χ0v) is 38.7. The molecule has 0 saturated heterocycles. The Morgan fingerprint density at radius 2 is 0.919 bits per heavy atom. The summed E-state index contributed by atoms with van der Waals surface area (Å²) in [5, 5.41) is 36.1. The summed E-state index contributed by atoms with van der Waals surface area (Å²) >= 11 is 0. The second-order valence-corrected chi connectivity index (χ2v) is 26.8. The van der Waals surface area contributed by atoms with Crippen LogP contribution in [0.15, 0.2) is 109 Å². The molecular weight excluding hydrogens is 809 g/mol. The highest BCUT2D eigenvalue weighted by Crippen LogP contribution is 2.51. The molecule has 3 N–H and O–H groups in total. The molecule has 62 heavy (non-hydrogen) atoms. The lowest BCUT2D eigenvalue weighted by molar-refractivity contribution is 0.0245. The fraction of sp³-hybridized carbons (Fsp3) is 0.255. The van der Waals surface area contributed by atoms with E-state index in [1.807, 2.05) is 82.8 Å².